The summed E-state index contributed by atoms with van der Waals surface area (Å²) in [5.41, 5.74) is 6.11. The van der Waals surface area contributed by atoms with Crippen LogP contribution in [0.25, 0.3) is 0 Å². The van der Waals surface area contributed by atoms with Crippen LogP contribution in [0.1, 0.15) is 24.9 Å². The SMILES string of the molecule is CC(NC(=O)C1CC(=O)NN1)c1ccccc1. The summed E-state index contributed by atoms with van der Waals surface area (Å²) in [4.78, 5) is 22.8. The van der Waals surface area contributed by atoms with Crippen LogP contribution in [0.2, 0.25) is 0 Å². The summed E-state index contributed by atoms with van der Waals surface area (Å²) in [5.74, 6) is -0.322. The Morgan fingerprint density at radius 3 is 2.71 bits per heavy atom. The Morgan fingerprint density at radius 1 is 1.41 bits per heavy atom. The van der Waals surface area contributed by atoms with Gasteiger partial charge in [-0.3, -0.25) is 15.0 Å². The fourth-order valence-electron chi connectivity index (χ4n) is 1.75. The van der Waals surface area contributed by atoms with Gasteiger partial charge >= 0.3 is 0 Å². The minimum absolute atomic E-state index is 0.0683. The van der Waals surface area contributed by atoms with Crippen LogP contribution in [0.4, 0.5) is 0 Å². The fraction of sp³-hybridized carbons (Fsp3) is 0.333. The molecular weight excluding hydrogens is 218 g/mol. The number of hydrogen-bond donors (Lipinski definition) is 3. The Hall–Kier alpha value is -1.88. The summed E-state index contributed by atoms with van der Waals surface area (Å²) < 4.78 is 0. The van der Waals surface area contributed by atoms with E-state index in [0.29, 0.717) is 0 Å². The van der Waals surface area contributed by atoms with Crippen molar-refractivity contribution in [3.05, 3.63) is 35.9 Å². The summed E-state index contributed by atoms with van der Waals surface area (Å²) in [6.45, 7) is 1.91. The molecule has 5 nitrogen and oxygen atoms in total. The third-order valence-electron chi connectivity index (χ3n) is 2.75. The summed E-state index contributed by atoms with van der Waals surface area (Å²) in [6, 6.07) is 9.15. The predicted molar refractivity (Wildman–Crippen MR) is 62.7 cm³/mol. The fourth-order valence-corrected chi connectivity index (χ4v) is 1.75. The highest BCUT2D eigenvalue weighted by Gasteiger charge is 2.28. The Balaban J connectivity index is 1.93. The molecule has 90 valence electrons. The Bertz CT molecular complexity index is 419. The predicted octanol–water partition coefficient (Wildman–Crippen LogP) is 0.257. The third-order valence-corrected chi connectivity index (χ3v) is 2.75. The van der Waals surface area contributed by atoms with Gasteiger partial charge < -0.3 is 5.32 Å². The molecule has 5 heteroatoms. The molecule has 3 N–H and O–H groups in total. The van der Waals surface area contributed by atoms with Crippen LogP contribution >= 0.6 is 0 Å². The van der Waals surface area contributed by atoms with Gasteiger partial charge in [-0.15, -0.1) is 0 Å². The van der Waals surface area contributed by atoms with E-state index < -0.39 is 6.04 Å². The van der Waals surface area contributed by atoms with Gasteiger partial charge in [0.25, 0.3) is 0 Å². The highest BCUT2D eigenvalue weighted by atomic mass is 16.2. The van der Waals surface area contributed by atoms with E-state index in [1.165, 1.54) is 0 Å². The van der Waals surface area contributed by atoms with Crippen molar-refractivity contribution in [2.45, 2.75) is 25.4 Å². The van der Waals surface area contributed by atoms with Crippen molar-refractivity contribution >= 4 is 11.8 Å². The van der Waals surface area contributed by atoms with Crippen LogP contribution in [-0.4, -0.2) is 17.9 Å². The first kappa shape index (κ1) is 11.6. The number of hydrazine groups is 1. The number of carbonyl (C=O) groups excluding carboxylic acids is 2. The molecule has 1 aliphatic heterocycles. The Kier molecular flexibility index (Phi) is 3.39. The van der Waals surface area contributed by atoms with Crippen LogP contribution in [0, 0.1) is 0 Å². The van der Waals surface area contributed by atoms with E-state index in [9.17, 15) is 9.59 Å². The van der Waals surface area contributed by atoms with Crippen molar-refractivity contribution in [3.63, 3.8) is 0 Å². The van der Waals surface area contributed by atoms with Crippen molar-refractivity contribution < 1.29 is 9.59 Å². The lowest BCUT2D eigenvalue weighted by molar-refractivity contribution is -0.125. The number of benzene rings is 1. The van der Waals surface area contributed by atoms with Gasteiger partial charge in [0.2, 0.25) is 11.8 Å². The molecule has 0 aromatic heterocycles. The average molecular weight is 233 g/mol. The van der Waals surface area contributed by atoms with E-state index in [0.717, 1.165) is 5.56 Å². The molecule has 1 aromatic rings. The maximum Gasteiger partial charge on any atom is 0.239 e. The maximum absolute atomic E-state index is 11.8. The molecular formula is C12H15N3O2. The van der Waals surface area contributed by atoms with Gasteiger partial charge in [0.15, 0.2) is 0 Å². The van der Waals surface area contributed by atoms with Gasteiger partial charge in [0.1, 0.15) is 6.04 Å². The molecule has 1 aliphatic rings. The normalized spacial score (nSPS) is 20.8. The molecule has 1 fully saturated rings. The summed E-state index contributed by atoms with van der Waals surface area (Å²) in [5, 5.41) is 2.86. The van der Waals surface area contributed by atoms with E-state index in [1.54, 1.807) is 0 Å². The quantitative estimate of drug-likeness (QED) is 0.701. The topological polar surface area (TPSA) is 70.2 Å². The van der Waals surface area contributed by atoms with Crippen LogP contribution in [0.3, 0.4) is 0 Å². The zero-order chi connectivity index (χ0) is 12.3. The molecule has 2 unspecified atom stereocenters. The van der Waals surface area contributed by atoms with Crippen molar-refractivity contribution in [2.24, 2.45) is 0 Å². The Morgan fingerprint density at radius 2 is 2.12 bits per heavy atom. The van der Waals surface area contributed by atoms with Crippen molar-refractivity contribution in [3.8, 4) is 0 Å². The molecule has 0 bridgehead atoms. The van der Waals surface area contributed by atoms with Gasteiger partial charge in [-0.05, 0) is 12.5 Å². The highest BCUT2D eigenvalue weighted by molar-refractivity contribution is 5.90. The number of nitrogens with one attached hydrogen (secondary N) is 3. The summed E-state index contributed by atoms with van der Waals surface area (Å²) in [6.07, 6.45) is 0.188. The van der Waals surface area contributed by atoms with E-state index in [4.69, 9.17) is 0 Å². The monoisotopic (exact) mass is 233 g/mol. The Labute approximate surface area is 99.6 Å². The zero-order valence-electron chi connectivity index (χ0n) is 9.57. The molecule has 2 atom stereocenters. The van der Waals surface area contributed by atoms with Crippen molar-refractivity contribution in [1.29, 1.82) is 0 Å². The van der Waals surface area contributed by atoms with Gasteiger partial charge in [-0.2, -0.15) is 0 Å². The first-order valence-electron chi connectivity index (χ1n) is 5.56. The average Bonchev–Trinajstić information content (AvgIpc) is 2.77. The molecule has 2 rings (SSSR count). The lowest BCUT2D eigenvalue weighted by Gasteiger charge is -2.16. The lowest BCUT2D eigenvalue weighted by Crippen LogP contribution is -2.44. The van der Waals surface area contributed by atoms with Crippen molar-refractivity contribution in [1.82, 2.24) is 16.2 Å². The van der Waals surface area contributed by atoms with Gasteiger partial charge in [0.05, 0.1) is 12.5 Å². The van der Waals surface area contributed by atoms with Gasteiger partial charge in [0, 0.05) is 0 Å². The molecule has 0 aliphatic carbocycles. The van der Waals surface area contributed by atoms with E-state index in [2.05, 4.69) is 16.2 Å². The van der Waals surface area contributed by atoms with E-state index >= 15 is 0 Å². The molecule has 0 spiro atoms. The molecule has 1 saturated heterocycles. The van der Waals surface area contributed by atoms with E-state index in [1.807, 2.05) is 37.3 Å². The minimum Gasteiger partial charge on any atom is -0.348 e. The van der Waals surface area contributed by atoms with E-state index in [-0.39, 0.29) is 24.3 Å². The number of amides is 2. The standard InChI is InChI=1S/C12H15N3O2/c1-8(9-5-3-2-4-6-9)13-12(17)10-7-11(16)15-14-10/h2-6,8,10,14H,7H2,1H3,(H,13,17)(H,15,16). The number of rotatable bonds is 3. The highest BCUT2D eigenvalue weighted by Crippen LogP contribution is 2.11. The summed E-state index contributed by atoms with van der Waals surface area (Å²) >= 11 is 0. The maximum atomic E-state index is 11.8. The second-order valence-corrected chi connectivity index (χ2v) is 4.09. The van der Waals surface area contributed by atoms with Crippen LogP contribution in [0.5, 0.6) is 0 Å². The molecule has 0 saturated carbocycles. The smallest absolute Gasteiger partial charge is 0.239 e. The second-order valence-electron chi connectivity index (χ2n) is 4.09. The van der Waals surface area contributed by atoms with Crippen LogP contribution in [0.15, 0.2) is 30.3 Å². The van der Waals surface area contributed by atoms with Crippen LogP contribution < -0.4 is 16.2 Å². The molecule has 17 heavy (non-hydrogen) atoms. The minimum atomic E-state index is -0.478. The molecule has 2 amide bonds. The van der Waals surface area contributed by atoms with Gasteiger partial charge in [-0.1, -0.05) is 30.3 Å². The third kappa shape index (κ3) is 2.82. The van der Waals surface area contributed by atoms with Crippen molar-refractivity contribution in [2.75, 3.05) is 0 Å². The molecule has 1 aromatic carbocycles. The second kappa shape index (κ2) is 4.97. The molecule has 0 radical (unpaired) electrons. The molecule has 1 heterocycles. The lowest BCUT2D eigenvalue weighted by atomic mass is 10.1. The first-order valence-corrected chi connectivity index (χ1v) is 5.56. The summed E-state index contributed by atoms with van der Waals surface area (Å²) in [7, 11) is 0. The largest absolute Gasteiger partial charge is 0.348 e. The number of hydrogen-bond acceptors (Lipinski definition) is 3. The number of carbonyl (C=O) groups is 2. The zero-order valence-corrected chi connectivity index (χ0v) is 9.57. The first-order chi connectivity index (χ1) is 8.16. The van der Waals surface area contributed by atoms with Crippen LogP contribution in [-0.2, 0) is 9.59 Å². The van der Waals surface area contributed by atoms with Gasteiger partial charge in [-0.25, -0.2) is 5.43 Å².